The number of thiazole rings is 1. The summed E-state index contributed by atoms with van der Waals surface area (Å²) in [5, 5.41) is 6.80. The molecule has 0 unspecified atom stereocenters. The highest BCUT2D eigenvalue weighted by atomic mass is 32.1. The van der Waals surface area contributed by atoms with Gasteiger partial charge in [-0.05, 0) is 31.9 Å². The van der Waals surface area contributed by atoms with E-state index >= 15 is 0 Å². The molecule has 0 amide bonds. The minimum Gasteiger partial charge on any atom is -0.382 e. The molecule has 1 N–H and O–H groups in total. The molecule has 3 heteroatoms. The molecule has 2 aromatic rings. The minimum atomic E-state index is 0.553. The van der Waals surface area contributed by atoms with E-state index in [4.69, 9.17) is 0 Å². The minimum absolute atomic E-state index is 0.553. The molecule has 0 radical (unpaired) electrons. The van der Waals surface area contributed by atoms with Crippen LogP contribution in [0.3, 0.4) is 0 Å². The molecule has 0 aliphatic heterocycles. The van der Waals surface area contributed by atoms with Crippen LogP contribution in [0, 0.1) is 6.92 Å². The predicted molar refractivity (Wildman–Crippen MR) is 80.3 cm³/mol. The van der Waals surface area contributed by atoms with Crippen LogP contribution in [0.1, 0.15) is 31.7 Å². The fourth-order valence-electron chi connectivity index (χ4n) is 1.99. The number of benzene rings is 1. The number of hydrogen-bond donors (Lipinski definition) is 1. The van der Waals surface area contributed by atoms with Gasteiger partial charge in [0.1, 0.15) is 0 Å². The second-order valence-electron chi connectivity index (χ2n) is 4.49. The van der Waals surface area contributed by atoms with Crippen molar-refractivity contribution in [3.8, 4) is 11.3 Å². The van der Waals surface area contributed by atoms with Gasteiger partial charge >= 0.3 is 0 Å². The fourth-order valence-corrected chi connectivity index (χ4v) is 2.61. The molecule has 0 fully saturated rings. The van der Waals surface area contributed by atoms with E-state index in [0.717, 1.165) is 23.5 Å². The van der Waals surface area contributed by atoms with Crippen molar-refractivity contribution in [2.75, 3.05) is 5.32 Å². The van der Waals surface area contributed by atoms with Gasteiger partial charge in [-0.15, -0.1) is 11.3 Å². The average Bonchev–Trinajstić information content (AvgIpc) is 2.83. The first-order valence-corrected chi connectivity index (χ1v) is 7.40. The van der Waals surface area contributed by atoms with E-state index in [0.29, 0.717) is 6.04 Å². The van der Waals surface area contributed by atoms with E-state index < -0.39 is 0 Å². The van der Waals surface area contributed by atoms with Crippen LogP contribution in [0.4, 0.5) is 5.69 Å². The highest BCUT2D eigenvalue weighted by molar-refractivity contribution is 7.09. The standard InChI is InChI=1S/C15H20N2S/c1-4-13(5-2)17-14-8-6-7-12(9-14)15-10-18-11(3)16-15/h6-10,13,17H,4-5H2,1-3H3. The molecule has 1 heterocycles. The van der Waals surface area contributed by atoms with Crippen molar-refractivity contribution in [2.45, 2.75) is 39.7 Å². The van der Waals surface area contributed by atoms with Crippen molar-refractivity contribution < 1.29 is 0 Å². The van der Waals surface area contributed by atoms with Crippen LogP contribution in [-0.4, -0.2) is 11.0 Å². The van der Waals surface area contributed by atoms with Gasteiger partial charge in [-0.1, -0.05) is 26.0 Å². The van der Waals surface area contributed by atoms with Gasteiger partial charge in [-0.3, -0.25) is 0 Å². The Labute approximate surface area is 113 Å². The van der Waals surface area contributed by atoms with Crippen LogP contribution in [0.5, 0.6) is 0 Å². The summed E-state index contributed by atoms with van der Waals surface area (Å²) in [5.41, 5.74) is 3.45. The maximum Gasteiger partial charge on any atom is 0.0901 e. The van der Waals surface area contributed by atoms with Gasteiger partial charge in [0, 0.05) is 22.7 Å². The molecule has 0 aliphatic carbocycles. The third-order valence-electron chi connectivity index (χ3n) is 3.13. The Morgan fingerprint density at radius 1 is 1.28 bits per heavy atom. The summed E-state index contributed by atoms with van der Waals surface area (Å²) in [6.45, 7) is 6.48. The van der Waals surface area contributed by atoms with Crippen molar-refractivity contribution in [3.63, 3.8) is 0 Å². The first-order valence-electron chi connectivity index (χ1n) is 6.52. The lowest BCUT2D eigenvalue weighted by molar-refractivity contribution is 0.672. The Morgan fingerprint density at radius 2 is 2.06 bits per heavy atom. The van der Waals surface area contributed by atoms with Gasteiger partial charge in [-0.25, -0.2) is 4.98 Å². The molecular weight excluding hydrogens is 240 g/mol. The van der Waals surface area contributed by atoms with Crippen molar-refractivity contribution in [3.05, 3.63) is 34.7 Å². The Bertz CT molecular complexity index is 501. The van der Waals surface area contributed by atoms with Crippen molar-refractivity contribution in [1.82, 2.24) is 4.98 Å². The monoisotopic (exact) mass is 260 g/mol. The number of nitrogens with one attached hydrogen (secondary N) is 1. The molecule has 0 saturated carbocycles. The van der Waals surface area contributed by atoms with Gasteiger partial charge in [-0.2, -0.15) is 0 Å². The SMILES string of the molecule is CCC(CC)Nc1cccc(-c2csc(C)n2)c1. The molecule has 0 atom stereocenters. The smallest absolute Gasteiger partial charge is 0.0901 e. The van der Waals surface area contributed by atoms with Crippen LogP contribution in [-0.2, 0) is 0 Å². The lowest BCUT2D eigenvalue weighted by Crippen LogP contribution is -2.16. The van der Waals surface area contributed by atoms with Gasteiger partial charge in [0.05, 0.1) is 10.7 Å². The second-order valence-corrected chi connectivity index (χ2v) is 5.55. The van der Waals surface area contributed by atoms with Crippen molar-refractivity contribution in [1.29, 1.82) is 0 Å². The van der Waals surface area contributed by atoms with Crippen LogP contribution in [0.2, 0.25) is 0 Å². The maximum atomic E-state index is 4.53. The quantitative estimate of drug-likeness (QED) is 0.841. The summed E-state index contributed by atoms with van der Waals surface area (Å²) < 4.78 is 0. The van der Waals surface area contributed by atoms with Crippen molar-refractivity contribution in [2.24, 2.45) is 0 Å². The zero-order valence-electron chi connectivity index (χ0n) is 11.2. The highest BCUT2D eigenvalue weighted by Gasteiger charge is 2.06. The molecule has 0 bridgehead atoms. The Morgan fingerprint density at radius 3 is 2.67 bits per heavy atom. The van der Waals surface area contributed by atoms with Crippen LogP contribution in [0.25, 0.3) is 11.3 Å². The normalized spacial score (nSPS) is 10.9. The molecule has 2 rings (SSSR count). The Hall–Kier alpha value is -1.35. The van der Waals surface area contributed by atoms with Gasteiger partial charge < -0.3 is 5.32 Å². The van der Waals surface area contributed by atoms with E-state index in [9.17, 15) is 0 Å². The summed E-state index contributed by atoms with van der Waals surface area (Å²) in [7, 11) is 0. The lowest BCUT2D eigenvalue weighted by atomic mass is 10.1. The first-order chi connectivity index (χ1) is 8.72. The Kier molecular flexibility index (Phi) is 4.37. The molecule has 0 saturated heterocycles. The summed E-state index contributed by atoms with van der Waals surface area (Å²) >= 11 is 1.70. The molecule has 1 aromatic heterocycles. The summed E-state index contributed by atoms with van der Waals surface area (Å²) in [6.07, 6.45) is 2.30. The topological polar surface area (TPSA) is 24.9 Å². The van der Waals surface area contributed by atoms with Crippen molar-refractivity contribution >= 4 is 17.0 Å². The summed E-state index contributed by atoms with van der Waals surface area (Å²) in [5.74, 6) is 0. The predicted octanol–water partition coefficient (Wildman–Crippen LogP) is 4.72. The molecule has 2 nitrogen and oxygen atoms in total. The number of nitrogens with zero attached hydrogens (tertiary/aromatic N) is 1. The zero-order valence-corrected chi connectivity index (χ0v) is 12.1. The number of hydrogen-bond acceptors (Lipinski definition) is 3. The molecule has 0 aliphatic rings. The van der Waals surface area contributed by atoms with E-state index in [2.05, 4.69) is 53.8 Å². The van der Waals surface area contributed by atoms with Crippen LogP contribution in [0.15, 0.2) is 29.6 Å². The van der Waals surface area contributed by atoms with Crippen LogP contribution < -0.4 is 5.32 Å². The van der Waals surface area contributed by atoms with E-state index in [1.807, 2.05) is 6.92 Å². The van der Waals surface area contributed by atoms with E-state index in [-0.39, 0.29) is 0 Å². The third-order valence-corrected chi connectivity index (χ3v) is 3.91. The maximum absolute atomic E-state index is 4.53. The van der Waals surface area contributed by atoms with Gasteiger partial charge in [0.2, 0.25) is 0 Å². The molecular formula is C15H20N2S. The Balaban J connectivity index is 2.19. The molecule has 96 valence electrons. The van der Waals surface area contributed by atoms with Gasteiger partial charge in [0.25, 0.3) is 0 Å². The number of anilines is 1. The highest BCUT2D eigenvalue weighted by Crippen LogP contribution is 2.24. The third kappa shape index (κ3) is 3.10. The van der Waals surface area contributed by atoms with E-state index in [1.54, 1.807) is 11.3 Å². The van der Waals surface area contributed by atoms with Gasteiger partial charge in [0.15, 0.2) is 0 Å². The zero-order chi connectivity index (χ0) is 13.0. The average molecular weight is 260 g/mol. The molecule has 0 spiro atoms. The lowest BCUT2D eigenvalue weighted by Gasteiger charge is -2.16. The first kappa shape index (κ1) is 13.1. The molecule has 18 heavy (non-hydrogen) atoms. The van der Waals surface area contributed by atoms with Crippen LogP contribution >= 0.6 is 11.3 Å². The number of rotatable bonds is 5. The molecule has 1 aromatic carbocycles. The number of aromatic nitrogens is 1. The van der Waals surface area contributed by atoms with E-state index in [1.165, 1.54) is 11.3 Å². The largest absolute Gasteiger partial charge is 0.382 e. The second kappa shape index (κ2) is 6.01. The fraction of sp³-hybridized carbons (Fsp3) is 0.400. The number of aryl methyl sites for hydroxylation is 1. The summed E-state index contributed by atoms with van der Waals surface area (Å²) in [4.78, 5) is 4.53. The summed E-state index contributed by atoms with van der Waals surface area (Å²) in [6, 6.07) is 9.08.